The zero-order valence-electron chi connectivity index (χ0n) is 10.1. The first-order valence-electron chi connectivity index (χ1n) is 6.05. The Kier molecular flexibility index (Phi) is 5.52. The molecule has 0 bridgehead atoms. The molecule has 5 nitrogen and oxygen atoms in total. The second kappa shape index (κ2) is 6.93. The maximum Gasteiger partial charge on any atom is 0.326 e. The summed E-state index contributed by atoms with van der Waals surface area (Å²) in [5.41, 5.74) is 0. The van der Waals surface area contributed by atoms with Gasteiger partial charge in [-0.2, -0.15) is 0 Å². The van der Waals surface area contributed by atoms with Crippen molar-refractivity contribution in [3.05, 3.63) is 12.2 Å². The van der Waals surface area contributed by atoms with Crippen LogP contribution in [0.5, 0.6) is 0 Å². The first-order chi connectivity index (χ1) is 8.13. The van der Waals surface area contributed by atoms with Crippen molar-refractivity contribution in [2.75, 3.05) is 6.54 Å². The predicted octanol–water partition coefficient (Wildman–Crippen LogP) is 1.51. The minimum Gasteiger partial charge on any atom is -0.480 e. The number of aliphatic carboxylic acids is 1. The lowest BCUT2D eigenvalue weighted by molar-refractivity contribution is -0.139. The van der Waals surface area contributed by atoms with Gasteiger partial charge in [-0.25, -0.2) is 9.59 Å². The van der Waals surface area contributed by atoms with E-state index >= 15 is 0 Å². The summed E-state index contributed by atoms with van der Waals surface area (Å²) in [7, 11) is 0. The van der Waals surface area contributed by atoms with Gasteiger partial charge in [-0.3, -0.25) is 0 Å². The minimum absolute atomic E-state index is 0.384. The van der Waals surface area contributed by atoms with Gasteiger partial charge in [0.2, 0.25) is 0 Å². The van der Waals surface area contributed by atoms with Crippen molar-refractivity contribution in [1.29, 1.82) is 0 Å². The van der Waals surface area contributed by atoms with E-state index in [1.165, 1.54) is 0 Å². The molecule has 5 heteroatoms. The molecule has 2 amide bonds. The number of carboxylic acid groups (broad SMARTS) is 1. The van der Waals surface area contributed by atoms with Gasteiger partial charge in [0.05, 0.1) is 0 Å². The Labute approximate surface area is 101 Å². The van der Waals surface area contributed by atoms with Crippen molar-refractivity contribution < 1.29 is 14.7 Å². The van der Waals surface area contributed by atoms with Crippen LogP contribution in [0.4, 0.5) is 4.79 Å². The molecule has 3 N–H and O–H groups in total. The minimum atomic E-state index is -0.997. The van der Waals surface area contributed by atoms with Gasteiger partial charge >= 0.3 is 12.0 Å². The highest BCUT2D eigenvalue weighted by Gasteiger charge is 2.18. The maximum absolute atomic E-state index is 11.5. The quantitative estimate of drug-likeness (QED) is 0.637. The number of carbonyl (C=O) groups excluding carboxylic acids is 1. The monoisotopic (exact) mass is 240 g/mol. The summed E-state index contributed by atoms with van der Waals surface area (Å²) in [6.45, 7) is 2.33. The Hall–Kier alpha value is -1.52. The number of urea groups is 1. The van der Waals surface area contributed by atoms with Crippen LogP contribution in [-0.2, 0) is 4.79 Å². The van der Waals surface area contributed by atoms with Crippen LogP contribution in [0.3, 0.4) is 0 Å². The summed E-state index contributed by atoms with van der Waals surface area (Å²) in [4.78, 5) is 22.2. The number of amides is 2. The van der Waals surface area contributed by atoms with Crippen LogP contribution >= 0.6 is 0 Å². The molecule has 0 aromatic heterocycles. The summed E-state index contributed by atoms with van der Waals surface area (Å²) >= 11 is 0. The predicted molar refractivity (Wildman–Crippen MR) is 64.7 cm³/mol. The van der Waals surface area contributed by atoms with Crippen molar-refractivity contribution in [3.63, 3.8) is 0 Å². The first kappa shape index (κ1) is 13.5. The molecule has 0 radical (unpaired) electrons. The van der Waals surface area contributed by atoms with Crippen molar-refractivity contribution in [1.82, 2.24) is 10.6 Å². The van der Waals surface area contributed by atoms with E-state index in [4.69, 9.17) is 5.11 Å². The van der Waals surface area contributed by atoms with Gasteiger partial charge < -0.3 is 15.7 Å². The molecule has 17 heavy (non-hydrogen) atoms. The third-order valence-electron chi connectivity index (χ3n) is 2.94. The van der Waals surface area contributed by atoms with E-state index in [0.717, 1.165) is 19.3 Å². The molecule has 0 aliphatic heterocycles. The molecule has 0 fully saturated rings. The number of allylic oxidation sites excluding steroid dienone is 2. The van der Waals surface area contributed by atoms with Crippen LogP contribution in [0.25, 0.3) is 0 Å². The maximum atomic E-state index is 11.5. The molecule has 0 spiro atoms. The Morgan fingerprint density at radius 2 is 2.24 bits per heavy atom. The lowest BCUT2D eigenvalue weighted by Crippen LogP contribution is -2.46. The molecule has 2 atom stereocenters. The van der Waals surface area contributed by atoms with E-state index in [9.17, 15) is 9.59 Å². The van der Waals surface area contributed by atoms with E-state index in [0.29, 0.717) is 18.9 Å². The lowest BCUT2D eigenvalue weighted by atomic mass is 9.94. The van der Waals surface area contributed by atoms with E-state index in [1.807, 2.05) is 0 Å². The van der Waals surface area contributed by atoms with Gasteiger partial charge in [0.25, 0.3) is 0 Å². The van der Waals surface area contributed by atoms with E-state index in [-0.39, 0.29) is 0 Å². The molecule has 1 aliphatic rings. The number of carbonyl (C=O) groups is 2. The van der Waals surface area contributed by atoms with Gasteiger partial charge in [0, 0.05) is 6.54 Å². The van der Waals surface area contributed by atoms with Crippen LogP contribution in [0.1, 0.15) is 32.6 Å². The Morgan fingerprint density at radius 1 is 1.47 bits per heavy atom. The second-order valence-electron chi connectivity index (χ2n) is 4.30. The molecule has 0 saturated heterocycles. The molecule has 96 valence electrons. The molecule has 0 saturated carbocycles. The average molecular weight is 240 g/mol. The van der Waals surface area contributed by atoms with Crippen molar-refractivity contribution in [2.24, 2.45) is 5.92 Å². The second-order valence-corrected chi connectivity index (χ2v) is 4.30. The summed E-state index contributed by atoms with van der Waals surface area (Å²) in [6, 6.07) is -1.20. The highest BCUT2D eigenvalue weighted by molar-refractivity contribution is 5.82. The highest BCUT2D eigenvalue weighted by Crippen LogP contribution is 2.16. The number of carboxylic acids is 1. The van der Waals surface area contributed by atoms with Gasteiger partial charge in [0.1, 0.15) is 6.04 Å². The smallest absolute Gasteiger partial charge is 0.326 e. The van der Waals surface area contributed by atoms with E-state index in [2.05, 4.69) is 22.8 Å². The van der Waals surface area contributed by atoms with Crippen LogP contribution in [-0.4, -0.2) is 29.7 Å². The number of nitrogens with one attached hydrogen (secondary N) is 2. The average Bonchev–Trinajstić information content (AvgIpc) is 2.34. The van der Waals surface area contributed by atoms with Crippen LogP contribution in [0.15, 0.2) is 12.2 Å². The van der Waals surface area contributed by atoms with E-state index < -0.39 is 18.0 Å². The zero-order chi connectivity index (χ0) is 12.7. The van der Waals surface area contributed by atoms with Gasteiger partial charge in [-0.1, -0.05) is 19.1 Å². The number of hydrogen-bond donors (Lipinski definition) is 3. The zero-order valence-corrected chi connectivity index (χ0v) is 10.1. The van der Waals surface area contributed by atoms with Gasteiger partial charge in [-0.15, -0.1) is 0 Å². The fourth-order valence-corrected chi connectivity index (χ4v) is 1.83. The first-order valence-corrected chi connectivity index (χ1v) is 6.05. The number of hydrogen-bond acceptors (Lipinski definition) is 2. The molecule has 1 aliphatic carbocycles. The number of rotatable bonds is 5. The largest absolute Gasteiger partial charge is 0.480 e. The standard InChI is InChI=1S/C12H20N2O3/c1-2-10(11(15)16)14-12(17)13-8-9-6-4-3-5-7-9/h3-4,9-10H,2,5-8H2,1H3,(H,15,16)(H2,13,14,17)/t9?,10-/m0/s1. The summed E-state index contributed by atoms with van der Waals surface area (Å²) < 4.78 is 0. The Balaban J connectivity index is 2.24. The summed E-state index contributed by atoms with van der Waals surface area (Å²) in [6.07, 6.45) is 7.77. The normalized spacial score (nSPS) is 20.6. The molecule has 0 aromatic rings. The molecule has 0 aromatic carbocycles. The van der Waals surface area contributed by atoms with E-state index in [1.54, 1.807) is 6.92 Å². The van der Waals surface area contributed by atoms with Crippen LogP contribution in [0.2, 0.25) is 0 Å². The molecule has 1 rings (SSSR count). The fourth-order valence-electron chi connectivity index (χ4n) is 1.83. The van der Waals surface area contributed by atoms with Crippen LogP contribution < -0.4 is 10.6 Å². The molecular weight excluding hydrogens is 220 g/mol. The summed E-state index contributed by atoms with van der Waals surface area (Å²) in [5, 5.41) is 14.0. The third kappa shape index (κ3) is 4.89. The van der Waals surface area contributed by atoms with Crippen molar-refractivity contribution >= 4 is 12.0 Å². The highest BCUT2D eigenvalue weighted by atomic mass is 16.4. The summed E-state index contributed by atoms with van der Waals surface area (Å²) in [5.74, 6) is -0.529. The lowest BCUT2D eigenvalue weighted by Gasteiger charge is -2.19. The molecular formula is C12H20N2O3. The van der Waals surface area contributed by atoms with Crippen molar-refractivity contribution in [3.8, 4) is 0 Å². The van der Waals surface area contributed by atoms with Crippen LogP contribution in [0, 0.1) is 5.92 Å². The fraction of sp³-hybridized carbons (Fsp3) is 0.667. The van der Waals surface area contributed by atoms with Gasteiger partial charge in [-0.05, 0) is 31.6 Å². The molecule has 1 unspecified atom stereocenters. The SMILES string of the molecule is CC[C@H](NC(=O)NCC1CC=CCC1)C(=O)O. The third-order valence-corrected chi connectivity index (χ3v) is 2.94. The van der Waals surface area contributed by atoms with Crippen molar-refractivity contribution in [2.45, 2.75) is 38.6 Å². The Bertz CT molecular complexity index is 302. The Morgan fingerprint density at radius 3 is 2.76 bits per heavy atom. The van der Waals surface area contributed by atoms with Gasteiger partial charge in [0.15, 0.2) is 0 Å². The topological polar surface area (TPSA) is 78.4 Å². The molecule has 0 heterocycles.